The molecule has 1 amide bonds. The normalized spacial score (nSPS) is 27.6. The minimum Gasteiger partial charge on any atom is -0.481 e. The van der Waals surface area contributed by atoms with Gasteiger partial charge in [0.2, 0.25) is 5.91 Å². The molecule has 0 spiro atoms. The van der Waals surface area contributed by atoms with E-state index in [2.05, 4.69) is 0 Å². The van der Waals surface area contributed by atoms with E-state index in [1.165, 1.54) is 0 Å². The number of rotatable bonds is 3. The quantitative estimate of drug-likeness (QED) is 0.799. The van der Waals surface area contributed by atoms with Gasteiger partial charge < -0.3 is 10.0 Å². The van der Waals surface area contributed by atoms with Crippen molar-refractivity contribution in [1.29, 1.82) is 0 Å². The molecular weight excluding hydrogens is 206 g/mol. The van der Waals surface area contributed by atoms with Crippen molar-refractivity contribution >= 4 is 11.9 Å². The molecule has 16 heavy (non-hydrogen) atoms. The van der Waals surface area contributed by atoms with Crippen LogP contribution in [0.3, 0.4) is 0 Å². The standard InChI is InChI=1S/C12H21NO3/c1-4-8(2)11(14)13-6-5-10(12(15)16)7-9(13)3/h8-10H,4-7H2,1-3H3,(H,15,16). The number of amides is 1. The topological polar surface area (TPSA) is 57.6 Å². The number of hydrogen-bond donors (Lipinski definition) is 1. The zero-order chi connectivity index (χ0) is 12.3. The number of carbonyl (C=O) groups excluding carboxylic acids is 1. The number of hydrogen-bond acceptors (Lipinski definition) is 2. The first kappa shape index (κ1) is 13.0. The first-order valence-corrected chi connectivity index (χ1v) is 6.00. The van der Waals surface area contributed by atoms with E-state index in [1.807, 2.05) is 25.7 Å². The molecule has 0 aromatic rings. The number of carboxylic acids is 1. The monoisotopic (exact) mass is 227 g/mol. The van der Waals surface area contributed by atoms with Crippen LogP contribution >= 0.6 is 0 Å². The summed E-state index contributed by atoms with van der Waals surface area (Å²) in [6.07, 6.45) is 2.00. The van der Waals surface area contributed by atoms with Crippen molar-refractivity contribution in [2.75, 3.05) is 6.54 Å². The Kier molecular flexibility index (Phi) is 4.33. The van der Waals surface area contributed by atoms with Crippen molar-refractivity contribution < 1.29 is 14.7 Å². The predicted molar refractivity (Wildman–Crippen MR) is 61.0 cm³/mol. The van der Waals surface area contributed by atoms with Crippen LogP contribution in [0.4, 0.5) is 0 Å². The fraction of sp³-hybridized carbons (Fsp3) is 0.833. The van der Waals surface area contributed by atoms with Crippen LogP contribution in [0.2, 0.25) is 0 Å². The van der Waals surface area contributed by atoms with Crippen molar-refractivity contribution in [3.63, 3.8) is 0 Å². The first-order valence-electron chi connectivity index (χ1n) is 6.00. The van der Waals surface area contributed by atoms with Gasteiger partial charge in [0.1, 0.15) is 0 Å². The Bertz CT molecular complexity index is 277. The lowest BCUT2D eigenvalue weighted by Gasteiger charge is -2.37. The van der Waals surface area contributed by atoms with Gasteiger partial charge in [-0.05, 0) is 26.2 Å². The molecule has 0 saturated carbocycles. The number of likely N-dealkylation sites (tertiary alicyclic amines) is 1. The van der Waals surface area contributed by atoms with Crippen LogP contribution in [0.25, 0.3) is 0 Å². The maximum absolute atomic E-state index is 12.0. The summed E-state index contributed by atoms with van der Waals surface area (Å²) in [6.45, 7) is 6.45. The molecule has 3 atom stereocenters. The smallest absolute Gasteiger partial charge is 0.306 e. The number of carbonyl (C=O) groups is 2. The van der Waals surface area contributed by atoms with Crippen LogP contribution in [0.1, 0.15) is 40.0 Å². The second-order valence-electron chi connectivity index (χ2n) is 4.75. The van der Waals surface area contributed by atoms with Crippen LogP contribution in [0.5, 0.6) is 0 Å². The highest BCUT2D eigenvalue weighted by Gasteiger charge is 2.33. The summed E-state index contributed by atoms with van der Waals surface area (Å²) in [5.41, 5.74) is 0. The molecular formula is C12H21NO3. The molecule has 0 radical (unpaired) electrons. The SMILES string of the molecule is CCC(C)C(=O)N1CCC(C(=O)O)CC1C. The number of carboxylic acid groups (broad SMARTS) is 1. The zero-order valence-electron chi connectivity index (χ0n) is 10.3. The van der Waals surface area contributed by atoms with Gasteiger partial charge >= 0.3 is 5.97 Å². The Morgan fingerprint density at radius 1 is 1.50 bits per heavy atom. The van der Waals surface area contributed by atoms with E-state index >= 15 is 0 Å². The van der Waals surface area contributed by atoms with Gasteiger partial charge in [-0.25, -0.2) is 0 Å². The predicted octanol–water partition coefficient (Wildman–Crippen LogP) is 1.74. The van der Waals surface area contributed by atoms with Crippen LogP contribution in [-0.4, -0.2) is 34.5 Å². The van der Waals surface area contributed by atoms with E-state index < -0.39 is 5.97 Å². The zero-order valence-corrected chi connectivity index (χ0v) is 10.3. The van der Waals surface area contributed by atoms with Gasteiger partial charge in [0.25, 0.3) is 0 Å². The summed E-state index contributed by atoms with van der Waals surface area (Å²) >= 11 is 0. The molecule has 0 aliphatic carbocycles. The summed E-state index contributed by atoms with van der Waals surface area (Å²) in [6, 6.07) is 0.0522. The average molecular weight is 227 g/mol. The van der Waals surface area contributed by atoms with Crippen molar-refractivity contribution in [3.8, 4) is 0 Å². The summed E-state index contributed by atoms with van der Waals surface area (Å²) in [5, 5.41) is 8.93. The molecule has 1 saturated heterocycles. The summed E-state index contributed by atoms with van der Waals surface area (Å²) in [4.78, 5) is 24.7. The molecule has 1 fully saturated rings. The summed E-state index contributed by atoms with van der Waals surface area (Å²) < 4.78 is 0. The minimum atomic E-state index is -0.734. The Balaban J connectivity index is 2.60. The lowest BCUT2D eigenvalue weighted by molar-refractivity contribution is -0.148. The average Bonchev–Trinajstić information content (AvgIpc) is 2.26. The molecule has 0 aromatic heterocycles. The van der Waals surface area contributed by atoms with Crippen molar-refractivity contribution in [1.82, 2.24) is 4.90 Å². The molecule has 1 rings (SSSR count). The van der Waals surface area contributed by atoms with E-state index in [0.717, 1.165) is 6.42 Å². The Morgan fingerprint density at radius 2 is 2.12 bits per heavy atom. The third-order valence-corrected chi connectivity index (χ3v) is 3.54. The minimum absolute atomic E-state index is 0.0452. The molecule has 0 aromatic carbocycles. The van der Waals surface area contributed by atoms with E-state index in [0.29, 0.717) is 19.4 Å². The van der Waals surface area contributed by atoms with E-state index in [-0.39, 0.29) is 23.8 Å². The third kappa shape index (κ3) is 2.74. The molecule has 1 heterocycles. The second kappa shape index (κ2) is 5.32. The highest BCUT2D eigenvalue weighted by Crippen LogP contribution is 2.24. The van der Waals surface area contributed by atoms with E-state index in [4.69, 9.17) is 5.11 Å². The Morgan fingerprint density at radius 3 is 2.56 bits per heavy atom. The number of aliphatic carboxylic acids is 1. The lowest BCUT2D eigenvalue weighted by atomic mass is 9.90. The van der Waals surface area contributed by atoms with Crippen LogP contribution < -0.4 is 0 Å². The molecule has 3 unspecified atom stereocenters. The lowest BCUT2D eigenvalue weighted by Crippen LogP contribution is -2.47. The summed E-state index contributed by atoms with van der Waals surface area (Å²) in [5.74, 6) is -0.805. The number of nitrogens with zero attached hydrogens (tertiary/aromatic N) is 1. The van der Waals surface area contributed by atoms with Gasteiger partial charge in [-0.15, -0.1) is 0 Å². The maximum Gasteiger partial charge on any atom is 0.306 e. The van der Waals surface area contributed by atoms with Crippen molar-refractivity contribution in [3.05, 3.63) is 0 Å². The Labute approximate surface area is 96.6 Å². The fourth-order valence-electron chi connectivity index (χ4n) is 2.18. The molecule has 4 heteroatoms. The van der Waals surface area contributed by atoms with Gasteiger partial charge in [-0.1, -0.05) is 13.8 Å². The van der Waals surface area contributed by atoms with Gasteiger partial charge in [-0.2, -0.15) is 0 Å². The van der Waals surface area contributed by atoms with Gasteiger partial charge in [0.05, 0.1) is 5.92 Å². The van der Waals surface area contributed by atoms with Crippen LogP contribution in [0, 0.1) is 11.8 Å². The van der Waals surface area contributed by atoms with Crippen LogP contribution in [0.15, 0.2) is 0 Å². The molecule has 1 aliphatic rings. The second-order valence-corrected chi connectivity index (χ2v) is 4.75. The van der Waals surface area contributed by atoms with Crippen molar-refractivity contribution in [2.24, 2.45) is 11.8 Å². The first-order chi connectivity index (χ1) is 7.47. The van der Waals surface area contributed by atoms with E-state index in [9.17, 15) is 9.59 Å². The van der Waals surface area contributed by atoms with Gasteiger partial charge in [-0.3, -0.25) is 9.59 Å². The highest BCUT2D eigenvalue weighted by atomic mass is 16.4. The Hall–Kier alpha value is -1.06. The molecule has 0 bridgehead atoms. The highest BCUT2D eigenvalue weighted by molar-refractivity contribution is 5.79. The fourth-order valence-corrected chi connectivity index (χ4v) is 2.18. The molecule has 92 valence electrons. The molecule has 1 aliphatic heterocycles. The summed E-state index contributed by atoms with van der Waals surface area (Å²) in [7, 11) is 0. The third-order valence-electron chi connectivity index (χ3n) is 3.54. The largest absolute Gasteiger partial charge is 0.481 e. The maximum atomic E-state index is 12.0. The van der Waals surface area contributed by atoms with Gasteiger partial charge in [0.15, 0.2) is 0 Å². The molecule has 4 nitrogen and oxygen atoms in total. The van der Waals surface area contributed by atoms with Crippen molar-refractivity contribution in [2.45, 2.75) is 46.1 Å². The van der Waals surface area contributed by atoms with E-state index in [1.54, 1.807) is 0 Å². The number of piperidine rings is 1. The molecule has 1 N–H and O–H groups in total. The van der Waals surface area contributed by atoms with Crippen LogP contribution in [-0.2, 0) is 9.59 Å². The van der Waals surface area contributed by atoms with Gasteiger partial charge in [0, 0.05) is 18.5 Å².